The molecule has 0 aromatic heterocycles. The molecular formula is C16H25NO. The highest BCUT2D eigenvalue weighted by Gasteiger charge is 2.45. The molecule has 0 bridgehead atoms. The minimum absolute atomic E-state index is 0.0225. The zero-order valence-corrected chi connectivity index (χ0v) is 12.0. The molecule has 1 aromatic carbocycles. The minimum atomic E-state index is -0.612. The van der Waals surface area contributed by atoms with E-state index in [1.807, 2.05) is 18.2 Å². The Morgan fingerprint density at radius 2 is 1.50 bits per heavy atom. The van der Waals surface area contributed by atoms with Crippen molar-refractivity contribution in [3.63, 3.8) is 0 Å². The maximum absolute atomic E-state index is 11.0. The minimum Gasteiger partial charge on any atom is -0.389 e. The van der Waals surface area contributed by atoms with Gasteiger partial charge < -0.3 is 10.4 Å². The zero-order chi connectivity index (χ0) is 13.4. The van der Waals surface area contributed by atoms with Crippen molar-refractivity contribution in [2.75, 3.05) is 0 Å². The maximum Gasteiger partial charge on any atom is 0.0722 e. The van der Waals surface area contributed by atoms with Crippen molar-refractivity contribution in [1.82, 2.24) is 5.32 Å². The first-order chi connectivity index (χ1) is 8.20. The van der Waals surface area contributed by atoms with Crippen LogP contribution in [-0.4, -0.2) is 21.8 Å². The maximum atomic E-state index is 11.0. The largest absolute Gasteiger partial charge is 0.389 e. The monoisotopic (exact) mass is 247 g/mol. The molecule has 2 nitrogen and oxygen atoms in total. The molecule has 2 rings (SSSR count). The van der Waals surface area contributed by atoms with E-state index in [4.69, 9.17) is 0 Å². The van der Waals surface area contributed by atoms with Gasteiger partial charge in [0.1, 0.15) is 0 Å². The summed E-state index contributed by atoms with van der Waals surface area (Å²) in [7, 11) is 0. The predicted molar refractivity (Wildman–Crippen MR) is 75.6 cm³/mol. The van der Waals surface area contributed by atoms with E-state index < -0.39 is 5.60 Å². The summed E-state index contributed by atoms with van der Waals surface area (Å²) in [6, 6.07) is 10.3. The molecule has 0 atom stereocenters. The average molecular weight is 247 g/mol. The highest BCUT2D eigenvalue weighted by Crippen LogP contribution is 2.37. The number of nitrogens with one attached hydrogen (secondary N) is 1. The third kappa shape index (κ3) is 3.33. The van der Waals surface area contributed by atoms with Crippen LogP contribution in [0.4, 0.5) is 0 Å². The van der Waals surface area contributed by atoms with E-state index >= 15 is 0 Å². The molecule has 2 heteroatoms. The van der Waals surface area contributed by atoms with E-state index in [0.29, 0.717) is 0 Å². The van der Waals surface area contributed by atoms with E-state index in [9.17, 15) is 5.11 Å². The Hall–Kier alpha value is -0.860. The van der Waals surface area contributed by atoms with Crippen LogP contribution in [0.25, 0.3) is 0 Å². The van der Waals surface area contributed by atoms with Gasteiger partial charge >= 0.3 is 0 Å². The number of benzene rings is 1. The molecule has 18 heavy (non-hydrogen) atoms. The number of piperidine rings is 1. The average Bonchev–Trinajstić information content (AvgIpc) is 2.11. The van der Waals surface area contributed by atoms with Gasteiger partial charge in [-0.1, -0.05) is 30.3 Å². The highest BCUT2D eigenvalue weighted by atomic mass is 16.3. The van der Waals surface area contributed by atoms with E-state index in [1.165, 1.54) is 5.56 Å². The van der Waals surface area contributed by atoms with Gasteiger partial charge in [0.05, 0.1) is 5.60 Å². The third-order valence-corrected chi connectivity index (χ3v) is 3.59. The van der Waals surface area contributed by atoms with Gasteiger partial charge in [-0.2, -0.15) is 0 Å². The van der Waals surface area contributed by atoms with Gasteiger partial charge in [0.2, 0.25) is 0 Å². The lowest BCUT2D eigenvalue weighted by Gasteiger charge is -2.50. The standard InChI is InChI=1S/C16H25NO/c1-14(2)11-16(18,12-15(3,4)17-14)10-13-8-6-5-7-9-13/h5-9,17-18H,10-12H2,1-4H3. The Morgan fingerprint density at radius 3 is 2.00 bits per heavy atom. The summed E-state index contributed by atoms with van der Waals surface area (Å²) in [6.07, 6.45) is 2.32. The van der Waals surface area contributed by atoms with Crippen molar-refractivity contribution >= 4 is 0 Å². The quantitative estimate of drug-likeness (QED) is 0.842. The molecule has 0 aliphatic carbocycles. The lowest BCUT2D eigenvalue weighted by molar-refractivity contribution is -0.0554. The van der Waals surface area contributed by atoms with Crippen LogP contribution in [0.1, 0.15) is 46.1 Å². The number of hydrogen-bond acceptors (Lipinski definition) is 2. The van der Waals surface area contributed by atoms with Crippen molar-refractivity contribution in [1.29, 1.82) is 0 Å². The molecule has 1 heterocycles. The number of hydrogen-bond donors (Lipinski definition) is 2. The van der Waals surface area contributed by atoms with Crippen molar-refractivity contribution in [3.8, 4) is 0 Å². The summed E-state index contributed by atoms with van der Waals surface area (Å²) in [5.41, 5.74) is 0.560. The molecule has 0 saturated carbocycles. The summed E-state index contributed by atoms with van der Waals surface area (Å²) in [6.45, 7) is 8.68. The van der Waals surface area contributed by atoms with Crippen LogP contribution in [0.15, 0.2) is 30.3 Å². The van der Waals surface area contributed by atoms with Crippen LogP contribution < -0.4 is 5.32 Å². The van der Waals surface area contributed by atoms with Crippen LogP contribution >= 0.6 is 0 Å². The second-order valence-electron chi connectivity index (χ2n) is 7.13. The normalized spacial score (nSPS) is 24.7. The zero-order valence-electron chi connectivity index (χ0n) is 12.0. The Balaban J connectivity index is 2.19. The lowest BCUT2D eigenvalue weighted by atomic mass is 9.70. The summed E-state index contributed by atoms with van der Waals surface area (Å²) < 4.78 is 0. The van der Waals surface area contributed by atoms with Crippen molar-refractivity contribution in [2.24, 2.45) is 0 Å². The lowest BCUT2D eigenvalue weighted by Crippen LogP contribution is -2.64. The third-order valence-electron chi connectivity index (χ3n) is 3.59. The molecule has 100 valence electrons. The fourth-order valence-electron chi connectivity index (χ4n) is 3.81. The van der Waals surface area contributed by atoms with Crippen molar-refractivity contribution in [3.05, 3.63) is 35.9 Å². The summed E-state index contributed by atoms with van der Waals surface area (Å²) in [4.78, 5) is 0. The van der Waals surface area contributed by atoms with Crippen LogP contribution in [0, 0.1) is 0 Å². The molecule has 1 aliphatic rings. The first kappa shape index (κ1) is 13.6. The van der Waals surface area contributed by atoms with Gasteiger partial charge in [-0.25, -0.2) is 0 Å². The van der Waals surface area contributed by atoms with E-state index in [-0.39, 0.29) is 11.1 Å². The summed E-state index contributed by atoms with van der Waals surface area (Å²) in [5.74, 6) is 0. The number of rotatable bonds is 2. The molecule has 0 radical (unpaired) electrons. The first-order valence-corrected chi connectivity index (χ1v) is 6.76. The van der Waals surface area contributed by atoms with E-state index in [0.717, 1.165) is 19.3 Å². The topological polar surface area (TPSA) is 32.3 Å². The fourth-order valence-corrected chi connectivity index (χ4v) is 3.81. The Morgan fingerprint density at radius 1 is 1.00 bits per heavy atom. The molecular weight excluding hydrogens is 222 g/mol. The molecule has 0 amide bonds. The van der Waals surface area contributed by atoms with E-state index in [1.54, 1.807) is 0 Å². The smallest absolute Gasteiger partial charge is 0.0722 e. The highest BCUT2D eigenvalue weighted by molar-refractivity contribution is 5.19. The fraction of sp³-hybridized carbons (Fsp3) is 0.625. The molecule has 0 unspecified atom stereocenters. The molecule has 1 aromatic rings. The summed E-state index contributed by atoms with van der Waals surface area (Å²) in [5, 5.41) is 14.6. The van der Waals surface area contributed by atoms with Crippen LogP contribution in [-0.2, 0) is 6.42 Å². The molecule has 1 fully saturated rings. The van der Waals surface area contributed by atoms with Gasteiger partial charge in [0.25, 0.3) is 0 Å². The molecule has 1 saturated heterocycles. The number of aliphatic hydroxyl groups is 1. The van der Waals surface area contributed by atoms with Gasteiger partial charge in [0, 0.05) is 17.5 Å². The van der Waals surface area contributed by atoms with Crippen molar-refractivity contribution < 1.29 is 5.11 Å². The SMILES string of the molecule is CC1(C)CC(O)(Cc2ccccc2)CC(C)(C)N1. The second-order valence-corrected chi connectivity index (χ2v) is 7.13. The van der Waals surface area contributed by atoms with Gasteiger partial charge in [0.15, 0.2) is 0 Å². The van der Waals surface area contributed by atoms with Gasteiger partial charge in [-0.15, -0.1) is 0 Å². The first-order valence-electron chi connectivity index (χ1n) is 6.76. The Kier molecular flexibility index (Phi) is 3.28. The molecule has 0 spiro atoms. The predicted octanol–water partition coefficient (Wildman–Crippen LogP) is 2.90. The van der Waals surface area contributed by atoms with Crippen LogP contribution in [0.3, 0.4) is 0 Å². The second kappa shape index (κ2) is 4.36. The van der Waals surface area contributed by atoms with Crippen LogP contribution in [0.2, 0.25) is 0 Å². The summed E-state index contributed by atoms with van der Waals surface area (Å²) >= 11 is 0. The van der Waals surface area contributed by atoms with E-state index in [2.05, 4.69) is 45.1 Å². The van der Waals surface area contributed by atoms with Gasteiger partial charge in [-0.3, -0.25) is 0 Å². The van der Waals surface area contributed by atoms with Gasteiger partial charge in [-0.05, 0) is 46.1 Å². The molecule has 2 N–H and O–H groups in total. The molecule has 1 aliphatic heterocycles. The Labute approximate surface area is 110 Å². The van der Waals surface area contributed by atoms with Crippen LogP contribution in [0.5, 0.6) is 0 Å². The Bertz CT molecular complexity index is 392. The van der Waals surface area contributed by atoms with Crippen molar-refractivity contribution in [2.45, 2.75) is 63.6 Å².